The molecule has 0 spiro atoms. The minimum Gasteiger partial charge on any atom is -0.452 e. The summed E-state index contributed by atoms with van der Waals surface area (Å²) in [5.41, 5.74) is 2.11. The first-order valence-corrected chi connectivity index (χ1v) is 9.05. The summed E-state index contributed by atoms with van der Waals surface area (Å²) in [5.74, 6) is -1.45. The van der Waals surface area contributed by atoms with Crippen LogP contribution in [0, 0.1) is 13.8 Å². The van der Waals surface area contributed by atoms with Crippen LogP contribution in [0.3, 0.4) is 0 Å². The molecular weight excluding hydrogens is 397 g/mol. The van der Waals surface area contributed by atoms with Crippen molar-refractivity contribution in [1.29, 1.82) is 0 Å². The Morgan fingerprint density at radius 3 is 2.30 bits per heavy atom. The normalized spacial score (nSPS) is 11.2. The average Bonchev–Trinajstić information content (AvgIpc) is 3.04. The van der Waals surface area contributed by atoms with Gasteiger partial charge in [0.1, 0.15) is 0 Å². The van der Waals surface area contributed by atoms with Gasteiger partial charge in [-0.05, 0) is 62.4 Å². The minimum absolute atomic E-state index is 0.0357. The van der Waals surface area contributed by atoms with Gasteiger partial charge in [0.25, 0.3) is 5.91 Å². The van der Waals surface area contributed by atoms with Gasteiger partial charge in [-0.1, -0.05) is 12.1 Å². The second kappa shape index (κ2) is 8.44. The predicted octanol–water partition coefficient (Wildman–Crippen LogP) is 4.91. The molecule has 3 rings (SSSR count). The van der Waals surface area contributed by atoms with E-state index in [0.717, 1.165) is 29.2 Å². The summed E-state index contributed by atoms with van der Waals surface area (Å²) in [6, 6.07) is 14.9. The fourth-order valence-electron chi connectivity index (χ4n) is 3.03. The molecule has 1 N–H and O–H groups in total. The van der Waals surface area contributed by atoms with E-state index in [-0.39, 0.29) is 11.3 Å². The van der Waals surface area contributed by atoms with Crippen molar-refractivity contribution < 1.29 is 27.5 Å². The van der Waals surface area contributed by atoms with Crippen molar-refractivity contribution in [3.63, 3.8) is 0 Å². The molecule has 0 atom stereocenters. The van der Waals surface area contributed by atoms with Crippen LogP contribution in [0.15, 0.2) is 60.7 Å². The first-order chi connectivity index (χ1) is 14.1. The Kier molecular flexibility index (Phi) is 5.96. The molecule has 0 aliphatic heterocycles. The molecule has 5 nitrogen and oxygen atoms in total. The van der Waals surface area contributed by atoms with E-state index < -0.39 is 30.2 Å². The summed E-state index contributed by atoms with van der Waals surface area (Å²) in [5, 5.41) is 2.29. The fraction of sp³-hybridized carbons (Fsp3) is 0.182. The summed E-state index contributed by atoms with van der Waals surface area (Å²) >= 11 is 0. The van der Waals surface area contributed by atoms with Gasteiger partial charge in [0.2, 0.25) is 0 Å². The number of alkyl halides is 3. The van der Waals surface area contributed by atoms with Crippen molar-refractivity contribution in [1.82, 2.24) is 4.57 Å². The molecule has 156 valence electrons. The number of anilines is 1. The van der Waals surface area contributed by atoms with Gasteiger partial charge in [-0.3, -0.25) is 4.79 Å². The number of aryl methyl sites for hydroxylation is 2. The third kappa shape index (κ3) is 4.89. The van der Waals surface area contributed by atoms with Crippen LogP contribution in [0.2, 0.25) is 0 Å². The van der Waals surface area contributed by atoms with Crippen molar-refractivity contribution in [2.45, 2.75) is 20.0 Å². The van der Waals surface area contributed by atoms with Crippen molar-refractivity contribution in [3.05, 3.63) is 83.2 Å². The zero-order chi connectivity index (χ0) is 21.9. The fourth-order valence-corrected chi connectivity index (χ4v) is 3.03. The number of hydrogen-bond acceptors (Lipinski definition) is 3. The number of carbonyl (C=O) groups is 2. The molecule has 30 heavy (non-hydrogen) atoms. The van der Waals surface area contributed by atoms with E-state index in [1.807, 2.05) is 36.6 Å². The number of carbonyl (C=O) groups excluding carboxylic acids is 2. The van der Waals surface area contributed by atoms with E-state index in [1.165, 1.54) is 12.1 Å². The maximum atomic E-state index is 12.7. The third-order valence-electron chi connectivity index (χ3n) is 4.42. The second-order valence-electron chi connectivity index (χ2n) is 6.70. The van der Waals surface area contributed by atoms with E-state index in [4.69, 9.17) is 4.74 Å². The van der Waals surface area contributed by atoms with Crippen LogP contribution in [-0.4, -0.2) is 23.1 Å². The molecule has 0 aliphatic rings. The molecular formula is C22H19F3N2O3. The minimum atomic E-state index is -4.52. The van der Waals surface area contributed by atoms with E-state index >= 15 is 0 Å². The van der Waals surface area contributed by atoms with Crippen LogP contribution >= 0.6 is 0 Å². The van der Waals surface area contributed by atoms with Crippen LogP contribution in [0.5, 0.6) is 0 Å². The molecule has 3 aromatic rings. The molecule has 0 aliphatic carbocycles. The number of rotatable bonds is 5. The summed E-state index contributed by atoms with van der Waals surface area (Å²) in [4.78, 5) is 24.3. The Morgan fingerprint density at radius 2 is 1.63 bits per heavy atom. The topological polar surface area (TPSA) is 60.3 Å². The van der Waals surface area contributed by atoms with Crippen LogP contribution in [0.25, 0.3) is 5.69 Å². The maximum absolute atomic E-state index is 12.7. The molecule has 1 amide bonds. The van der Waals surface area contributed by atoms with Gasteiger partial charge in [0, 0.05) is 22.8 Å². The number of hydrogen-bond donors (Lipinski definition) is 1. The van der Waals surface area contributed by atoms with Gasteiger partial charge in [0.15, 0.2) is 6.61 Å². The largest absolute Gasteiger partial charge is 0.452 e. The van der Waals surface area contributed by atoms with Crippen molar-refractivity contribution >= 4 is 17.6 Å². The molecule has 1 heterocycles. The van der Waals surface area contributed by atoms with E-state index in [1.54, 1.807) is 18.2 Å². The Labute approximate surface area is 171 Å². The summed E-state index contributed by atoms with van der Waals surface area (Å²) in [6.07, 6.45) is -4.52. The average molecular weight is 416 g/mol. The Morgan fingerprint density at radius 1 is 0.967 bits per heavy atom. The molecule has 8 heteroatoms. The van der Waals surface area contributed by atoms with Gasteiger partial charge in [0.05, 0.1) is 11.1 Å². The highest BCUT2D eigenvalue weighted by molar-refractivity contribution is 5.95. The van der Waals surface area contributed by atoms with Gasteiger partial charge in [-0.25, -0.2) is 4.79 Å². The number of halogens is 3. The highest BCUT2D eigenvalue weighted by atomic mass is 19.4. The standard InChI is InChI=1S/C22H19F3N2O3/c1-14-9-10-15(2)27(14)19-8-3-5-16(11-19)21(29)30-13-20(28)26-18-7-4-6-17(12-18)22(23,24)25/h3-12H,13H2,1-2H3,(H,26,28). The molecule has 0 radical (unpaired) electrons. The third-order valence-corrected chi connectivity index (χ3v) is 4.42. The van der Waals surface area contributed by atoms with Crippen LogP contribution < -0.4 is 5.32 Å². The molecule has 0 saturated heterocycles. The van der Waals surface area contributed by atoms with Gasteiger partial charge in [-0.2, -0.15) is 13.2 Å². The van der Waals surface area contributed by atoms with Crippen LogP contribution in [0.1, 0.15) is 27.3 Å². The lowest BCUT2D eigenvalue weighted by atomic mass is 10.2. The van der Waals surface area contributed by atoms with E-state index in [9.17, 15) is 22.8 Å². The Hall–Kier alpha value is -3.55. The predicted molar refractivity (Wildman–Crippen MR) is 106 cm³/mol. The summed E-state index contributed by atoms with van der Waals surface area (Å²) in [7, 11) is 0. The van der Waals surface area contributed by atoms with Crippen molar-refractivity contribution in [2.75, 3.05) is 11.9 Å². The lowest BCUT2D eigenvalue weighted by Crippen LogP contribution is -2.21. The van der Waals surface area contributed by atoms with Gasteiger partial charge in [-0.15, -0.1) is 0 Å². The molecule has 0 unspecified atom stereocenters. The lowest BCUT2D eigenvalue weighted by molar-refractivity contribution is -0.137. The number of amides is 1. The van der Waals surface area contributed by atoms with E-state index in [2.05, 4.69) is 5.32 Å². The highest BCUT2D eigenvalue weighted by Gasteiger charge is 2.30. The SMILES string of the molecule is Cc1ccc(C)n1-c1cccc(C(=O)OCC(=O)Nc2cccc(C(F)(F)F)c2)c1. The maximum Gasteiger partial charge on any atom is 0.416 e. The highest BCUT2D eigenvalue weighted by Crippen LogP contribution is 2.30. The number of benzene rings is 2. The second-order valence-corrected chi connectivity index (χ2v) is 6.70. The number of aromatic nitrogens is 1. The zero-order valence-electron chi connectivity index (χ0n) is 16.3. The quantitative estimate of drug-likeness (QED) is 0.602. The van der Waals surface area contributed by atoms with Crippen molar-refractivity contribution in [2.24, 2.45) is 0 Å². The number of ether oxygens (including phenoxy) is 1. The first kappa shape index (κ1) is 21.2. The Bertz CT molecular complexity index is 1070. The monoisotopic (exact) mass is 416 g/mol. The number of esters is 1. The first-order valence-electron chi connectivity index (χ1n) is 9.05. The van der Waals surface area contributed by atoms with Gasteiger partial charge < -0.3 is 14.6 Å². The summed E-state index contributed by atoms with van der Waals surface area (Å²) < 4.78 is 45.2. The lowest BCUT2D eigenvalue weighted by Gasteiger charge is -2.12. The zero-order valence-corrected chi connectivity index (χ0v) is 16.3. The van der Waals surface area contributed by atoms with Crippen LogP contribution in [-0.2, 0) is 15.7 Å². The molecule has 0 fully saturated rings. The van der Waals surface area contributed by atoms with E-state index in [0.29, 0.717) is 0 Å². The summed E-state index contributed by atoms with van der Waals surface area (Å²) in [6.45, 7) is 3.26. The molecule has 2 aromatic carbocycles. The van der Waals surface area contributed by atoms with Crippen LogP contribution in [0.4, 0.5) is 18.9 Å². The van der Waals surface area contributed by atoms with Crippen molar-refractivity contribution in [3.8, 4) is 5.69 Å². The molecule has 0 bridgehead atoms. The van der Waals surface area contributed by atoms with Gasteiger partial charge >= 0.3 is 12.1 Å². The number of nitrogens with zero attached hydrogens (tertiary/aromatic N) is 1. The Balaban J connectivity index is 1.64. The smallest absolute Gasteiger partial charge is 0.416 e. The molecule has 0 saturated carbocycles. The molecule has 1 aromatic heterocycles. The number of nitrogens with one attached hydrogen (secondary N) is 1.